The van der Waals surface area contributed by atoms with Crippen molar-refractivity contribution in [3.63, 3.8) is 0 Å². The third kappa shape index (κ3) is 5.02. The molecule has 0 amide bonds. The third-order valence-electron chi connectivity index (χ3n) is 4.27. The molecule has 0 aliphatic carbocycles. The van der Waals surface area contributed by atoms with E-state index in [1.165, 1.54) is 24.3 Å². The van der Waals surface area contributed by atoms with Gasteiger partial charge in [-0.05, 0) is 36.2 Å². The maximum Gasteiger partial charge on any atom is 0.327 e. The van der Waals surface area contributed by atoms with E-state index in [9.17, 15) is 13.2 Å². The van der Waals surface area contributed by atoms with Crippen LogP contribution < -0.4 is 9.88 Å². The van der Waals surface area contributed by atoms with Crippen molar-refractivity contribution in [3.05, 3.63) is 52.5 Å². The summed E-state index contributed by atoms with van der Waals surface area (Å²) in [5, 5.41) is 9.89. The van der Waals surface area contributed by atoms with E-state index in [-0.39, 0.29) is 17.3 Å². The lowest BCUT2D eigenvalue weighted by atomic mass is 10.0. The Kier molecular flexibility index (Phi) is 6.82. The van der Waals surface area contributed by atoms with Gasteiger partial charge in [-0.2, -0.15) is 0 Å². The molecule has 0 radical (unpaired) electrons. The van der Waals surface area contributed by atoms with Crippen molar-refractivity contribution < 1.29 is 22.5 Å². The summed E-state index contributed by atoms with van der Waals surface area (Å²) in [4.78, 5) is 12.1. The minimum atomic E-state index is -3.86. The Morgan fingerprint density at radius 2 is 1.77 bits per heavy atom. The van der Waals surface area contributed by atoms with Gasteiger partial charge in [-0.3, -0.25) is 4.79 Å². The van der Waals surface area contributed by atoms with E-state index in [1.54, 1.807) is 18.2 Å². The number of hydrogen-bond donors (Lipinski definition) is 1. The molecule has 0 unspecified atom stereocenters. The molecule has 0 fully saturated rings. The lowest BCUT2D eigenvalue weighted by Gasteiger charge is -2.07. The molecule has 1 aromatic heterocycles. The van der Waals surface area contributed by atoms with E-state index in [0.29, 0.717) is 38.9 Å². The number of unbranched alkanes of at least 4 members (excludes halogenated alkanes) is 1. The highest BCUT2D eigenvalue weighted by molar-refractivity contribution is 7.89. The average molecular weight is 469 g/mol. The standard InChI is InChI=1S/C20H18Cl2N2O5S/c1-2-3-4-17(25)28-20-18(12-5-8-14(9-6-12)30(23,26)27)19(24-29-20)13-7-10-15(21)16(22)11-13/h5-11H,2-4H2,1H3,(H2,23,26,27). The largest absolute Gasteiger partial charge is 0.391 e. The zero-order valence-corrected chi connectivity index (χ0v) is 18.2. The Hall–Kier alpha value is -2.39. The van der Waals surface area contributed by atoms with Gasteiger partial charge in [-0.1, -0.05) is 59.9 Å². The molecule has 0 spiro atoms. The van der Waals surface area contributed by atoms with Crippen LogP contribution in [0.4, 0.5) is 0 Å². The number of hydrogen-bond acceptors (Lipinski definition) is 6. The third-order valence-corrected chi connectivity index (χ3v) is 5.93. The lowest BCUT2D eigenvalue weighted by Crippen LogP contribution is -2.11. The van der Waals surface area contributed by atoms with Crippen molar-refractivity contribution in [2.24, 2.45) is 5.14 Å². The fourth-order valence-corrected chi connectivity index (χ4v) is 3.54. The predicted molar refractivity (Wildman–Crippen MR) is 114 cm³/mol. The number of carbonyl (C=O) groups is 1. The average Bonchev–Trinajstić information content (AvgIpc) is 3.11. The first-order valence-electron chi connectivity index (χ1n) is 8.99. The van der Waals surface area contributed by atoms with Crippen LogP contribution in [-0.2, 0) is 14.8 Å². The van der Waals surface area contributed by atoms with Crippen LogP contribution >= 0.6 is 23.2 Å². The SMILES string of the molecule is CCCCC(=O)Oc1onc(-c2ccc(Cl)c(Cl)c2)c1-c1ccc(S(N)(=O)=O)cc1. The molecule has 7 nitrogen and oxygen atoms in total. The van der Waals surface area contributed by atoms with Gasteiger partial charge in [-0.15, -0.1) is 0 Å². The second-order valence-corrected chi connectivity index (χ2v) is 8.85. The lowest BCUT2D eigenvalue weighted by molar-refractivity contribution is -0.135. The summed E-state index contributed by atoms with van der Waals surface area (Å²) in [5.74, 6) is -0.559. The first-order chi connectivity index (χ1) is 14.2. The van der Waals surface area contributed by atoms with Crippen molar-refractivity contribution in [2.75, 3.05) is 0 Å². The summed E-state index contributed by atoms with van der Waals surface area (Å²) in [6.45, 7) is 1.96. The van der Waals surface area contributed by atoms with Gasteiger partial charge in [0.05, 0.1) is 20.5 Å². The topological polar surface area (TPSA) is 112 Å². The normalized spacial score (nSPS) is 11.5. The van der Waals surface area contributed by atoms with Crippen LogP contribution in [0.1, 0.15) is 26.2 Å². The van der Waals surface area contributed by atoms with Crippen molar-refractivity contribution in [3.8, 4) is 28.3 Å². The van der Waals surface area contributed by atoms with Crippen molar-refractivity contribution in [1.29, 1.82) is 0 Å². The molecule has 3 rings (SSSR count). The Morgan fingerprint density at radius 3 is 2.37 bits per heavy atom. The second kappa shape index (κ2) is 9.18. The molecule has 1 heterocycles. The minimum absolute atomic E-state index is 0.0553. The number of aromatic nitrogens is 1. The van der Waals surface area contributed by atoms with E-state index in [0.717, 1.165) is 6.42 Å². The zero-order chi connectivity index (χ0) is 21.9. The first-order valence-corrected chi connectivity index (χ1v) is 11.3. The van der Waals surface area contributed by atoms with Crippen LogP contribution in [0.5, 0.6) is 5.95 Å². The van der Waals surface area contributed by atoms with Crippen LogP contribution in [0.25, 0.3) is 22.4 Å². The van der Waals surface area contributed by atoms with E-state index in [4.69, 9.17) is 37.6 Å². The van der Waals surface area contributed by atoms with E-state index < -0.39 is 16.0 Å². The summed E-state index contributed by atoms with van der Waals surface area (Å²) in [7, 11) is -3.86. The Labute approximate surface area is 183 Å². The molecular formula is C20H18Cl2N2O5S. The number of nitrogens with two attached hydrogens (primary N) is 1. The number of rotatable bonds is 7. The second-order valence-electron chi connectivity index (χ2n) is 6.47. The summed E-state index contributed by atoms with van der Waals surface area (Å²) in [6.07, 6.45) is 1.73. The van der Waals surface area contributed by atoms with E-state index in [1.807, 2.05) is 6.92 Å². The fraction of sp³-hybridized carbons (Fsp3) is 0.200. The van der Waals surface area contributed by atoms with Crippen molar-refractivity contribution >= 4 is 39.2 Å². The summed E-state index contributed by atoms with van der Waals surface area (Å²) in [5.41, 5.74) is 1.83. The van der Waals surface area contributed by atoms with Crippen LogP contribution in [-0.4, -0.2) is 19.5 Å². The van der Waals surface area contributed by atoms with Gasteiger partial charge in [0.15, 0.2) is 0 Å². The van der Waals surface area contributed by atoms with E-state index in [2.05, 4.69) is 5.16 Å². The quantitative estimate of drug-likeness (QED) is 0.484. The van der Waals surface area contributed by atoms with Gasteiger partial charge in [0.2, 0.25) is 10.0 Å². The van der Waals surface area contributed by atoms with Crippen LogP contribution in [0.2, 0.25) is 10.0 Å². The van der Waals surface area contributed by atoms with Gasteiger partial charge in [-0.25, -0.2) is 13.6 Å². The van der Waals surface area contributed by atoms with Gasteiger partial charge in [0.1, 0.15) is 5.69 Å². The number of carbonyl (C=O) groups excluding carboxylic acids is 1. The fourth-order valence-electron chi connectivity index (χ4n) is 2.73. The molecule has 0 saturated carbocycles. The molecule has 30 heavy (non-hydrogen) atoms. The van der Waals surface area contributed by atoms with Gasteiger partial charge < -0.3 is 9.26 Å². The van der Waals surface area contributed by atoms with Crippen LogP contribution in [0.3, 0.4) is 0 Å². The molecule has 0 atom stereocenters. The number of benzene rings is 2. The molecule has 0 aliphatic heterocycles. The summed E-state index contributed by atoms with van der Waals surface area (Å²) < 4.78 is 33.8. The van der Waals surface area contributed by atoms with Crippen LogP contribution in [0.15, 0.2) is 51.9 Å². The van der Waals surface area contributed by atoms with Gasteiger partial charge in [0, 0.05) is 12.0 Å². The van der Waals surface area contributed by atoms with Crippen LogP contribution in [0, 0.1) is 0 Å². The molecule has 0 aliphatic rings. The summed E-state index contributed by atoms with van der Waals surface area (Å²) >= 11 is 12.1. The summed E-state index contributed by atoms with van der Waals surface area (Å²) in [6, 6.07) is 10.6. The molecule has 0 saturated heterocycles. The minimum Gasteiger partial charge on any atom is -0.391 e. The number of sulfonamides is 1. The molecule has 3 aromatic rings. The van der Waals surface area contributed by atoms with Crippen molar-refractivity contribution in [1.82, 2.24) is 5.16 Å². The highest BCUT2D eigenvalue weighted by Gasteiger charge is 2.24. The molecule has 10 heteroatoms. The van der Waals surface area contributed by atoms with Gasteiger partial charge >= 0.3 is 11.9 Å². The highest BCUT2D eigenvalue weighted by atomic mass is 35.5. The molecule has 2 N–H and O–H groups in total. The Balaban J connectivity index is 2.10. The van der Waals surface area contributed by atoms with Crippen molar-refractivity contribution in [2.45, 2.75) is 31.1 Å². The number of ether oxygens (including phenoxy) is 1. The monoisotopic (exact) mass is 468 g/mol. The molecule has 158 valence electrons. The number of halogens is 2. The maximum atomic E-state index is 12.1. The number of esters is 1. The number of primary sulfonamides is 1. The van der Waals surface area contributed by atoms with Gasteiger partial charge in [0.25, 0.3) is 0 Å². The highest BCUT2D eigenvalue weighted by Crippen LogP contribution is 2.41. The predicted octanol–water partition coefficient (Wildman–Crippen LogP) is 5.06. The molecule has 0 bridgehead atoms. The molecule has 2 aromatic carbocycles. The van der Waals surface area contributed by atoms with E-state index >= 15 is 0 Å². The molecular weight excluding hydrogens is 451 g/mol. The number of nitrogens with zero attached hydrogens (tertiary/aromatic N) is 1. The Morgan fingerprint density at radius 1 is 1.10 bits per heavy atom. The maximum absolute atomic E-state index is 12.1. The Bertz CT molecular complexity index is 1170. The smallest absolute Gasteiger partial charge is 0.327 e. The first kappa shape index (κ1) is 22.3. The zero-order valence-electron chi connectivity index (χ0n) is 15.9.